The summed E-state index contributed by atoms with van der Waals surface area (Å²) in [5, 5.41) is 0. The number of halogens is 6. The number of alkyl halides is 4. The van der Waals surface area contributed by atoms with Crippen LogP contribution in [-0.2, 0) is 5.92 Å². The maximum absolute atomic E-state index is 13.5. The second-order valence-corrected chi connectivity index (χ2v) is 4.97. The lowest BCUT2D eigenvalue weighted by Gasteiger charge is -2.19. The highest BCUT2D eigenvalue weighted by Gasteiger charge is 2.43. The highest BCUT2D eigenvalue weighted by Crippen LogP contribution is 2.37. The van der Waals surface area contributed by atoms with E-state index in [-0.39, 0.29) is 5.56 Å². The van der Waals surface area contributed by atoms with Gasteiger partial charge in [-0.25, -0.2) is 17.6 Å². The lowest BCUT2D eigenvalue weighted by Crippen LogP contribution is -2.24. The van der Waals surface area contributed by atoms with Crippen molar-refractivity contribution in [3.63, 3.8) is 0 Å². The molecule has 2 aromatic rings. The zero-order chi connectivity index (χ0) is 16.5. The topological polar surface area (TPSA) is 0 Å². The summed E-state index contributed by atoms with van der Waals surface area (Å²) < 4.78 is 78.0. The zero-order valence-electron chi connectivity index (χ0n) is 11.5. The second kappa shape index (κ2) is 6.02. The van der Waals surface area contributed by atoms with Crippen LogP contribution in [0, 0.1) is 11.6 Å². The van der Waals surface area contributed by atoms with Crippen LogP contribution in [0.5, 0.6) is 0 Å². The largest absolute Gasteiger partial charge is 0.332 e. The van der Waals surface area contributed by atoms with Crippen LogP contribution in [-0.4, -0.2) is 6.43 Å². The molecule has 0 aromatic heterocycles. The van der Waals surface area contributed by atoms with Crippen molar-refractivity contribution in [3.8, 4) is 0 Å². The fourth-order valence-electron chi connectivity index (χ4n) is 2.12. The molecule has 0 aliphatic carbocycles. The van der Waals surface area contributed by atoms with E-state index in [0.717, 1.165) is 12.1 Å². The highest BCUT2D eigenvalue weighted by atomic mass is 19.3. The Morgan fingerprint density at radius 1 is 0.818 bits per heavy atom. The van der Waals surface area contributed by atoms with Crippen LogP contribution >= 0.6 is 0 Å². The SMILES string of the molecule is C[C@H](c1ccc(F)cc1)c1cc(F)cc(C(F)(F)C(F)F)c1. The quantitative estimate of drug-likeness (QED) is 0.655. The Kier molecular flexibility index (Phi) is 4.49. The van der Waals surface area contributed by atoms with Crippen molar-refractivity contribution < 1.29 is 26.3 Å². The highest BCUT2D eigenvalue weighted by molar-refractivity contribution is 5.36. The number of hydrogen-bond acceptors (Lipinski definition) is 0. The molecular weight excluding hydrogens is 306 g/mol. The van der Waals surface area contributed by atoms with E-state index in [1.165, 1.54) is 24.3 Å². The summed E-state index contributed by atoms with van der Waals surface area (Å²) in [5.41, 5.74) is -0.410. The Bertz CT molecular complexity index is 648. The van der Waals surface area contributed by atoms with E-state index in [0.29, 0.717) is 11.6 Å². The molecule has 0 nitrogen and oxygen atoms in total. The first-order valence-electron chi connectivity index (χ1n) is 6.44. The summed E-state index contributed by atoms with van der Waals surface area (Å²) in [5.74, 6) is -6.48. The molecule has 0 radical (unpaired) electrons. The van der Waals surface area contributed by atoms with Crippen LogP contribution in [0.15, 0.2) is 42.5 Å². The van der Waals surface area contributed by atoms with E-state index in [9.17, 15) is 26.3 Å². The summed E-state index contributed by atoms with van der Waals surface area (Å²) in [6.07, 6.45) is -3.93. The summed E-state index contributed by atoms with van der Waals surface area (Å²) in [6.45, 7) is 1.59. The van der Waals surface area contributed by atoms with Crippen LogP contribution in [0.3, 0.4) is 0 Å². The molecule has 0 bridgehead atoms. The van der Waals surface area contributed by atoms with E-state index >= 15 is 0 Å². The monoisotopic (exact) mass is 318 g/mol. The fraction of sp³-hybridized carbons (Fsp3) is 0.250. The first-order chi connectivity index (χ1) is 10.2. The molecule has 0 aliphatic heterocycles. The molecule has 0 spiro atoms. The van der Waals surface area contributed by atoms with E-state index in [1.54, 1.807) is 6.92 Å². The molecule has 0 fully saturated rings. The van der Waals surface area contributed by atoms with Gasteiger partial charge in [0.2, 0.25) is 0 Å². The van der Waals surface area contributed by atoms with E-state index in [1.807, 2.05) is 0 Å². The molecule has 0 saturated heterocycles. The zero-order valence-corrected chi connectivity index (χ0v) is 11.5. The Hall–Kier alpha value is -1.98. The lowest BCUT2D eigenvalue weighted by molar-refractivity contribution is -0.135. The number of benzene rings is 2. The van der Waals surface area contributed by atoms with Gasteiger partial charge in [-0.05, 0) is 41.5 Å². The molecule has 2 aromatic carbocycles. The van der Waals surface area contributed by atoms with Gasteiger partial charge >= 0.3 is 12.3 Å². The Morgan fingerprint density at radius 3 is 1.95 bits per heavy atom. The Labute approximate surface area is 123 Å². The molecule has 2 rings (SSSR count). The molecule has 1 atom stereocenters. The van der Waals surface area contributed by atoms with E-state index < -0.39 is 35.5 Å². The minimum atomic E-state index is -4.43. The van der Waals surface area contributed by atoms with E-state index in [4.69, 9.17) is 0 Å². The minimum Gasteiger partial charge on any atom is -0.207 e. The van der Waals surface area contributed by atoms with Crippen molar-refractivity contribution in [1.29, 1.82) is 0 Å². The van der Waals surface area contributed by atoms with Gasteiger partial charge < -0.3 is 0 Å². The minimum absolute atomic E-state index is 0.113. The van der Waals surface area contributed by atoms with Crippen LogP contribution < -0.4 is 0 Å². The van der Waals surface area contributed by atoms with Crippen LogP contribution in [0.1, 0.15) is 29.5 Å². The predicted octanol–water partition coefficient (Wildman–Crippen LogP) is 5.47. The summed E-state index contributed by atoms with van der Waals surface area (Å²) in [6, 6.07) is 7.46. The Morgan fingerprint density at radius 2 is 1.41 bits per heavy atom. The molecule has 118 valence electrons. The number of rotatable bonds is 4. The van der Waals surface area contributed by atoms with Gasteiger partial charge in [0.25, 0.3) is 0 Å². The maximum Gasteiger partial charge on any atom is 0.332 e. The third kappa shape index (κ3) is 3.26. The van der Waals surface area contributed by atoms with Crippen molar-refractivity contribution >= 4 is 0 Å². The van der Waals surface area contributed by atoms with Gasteiger partial charge in [0, 0.05) is 11.5 Å². The van der Waals surface area contributed by atoms with Gasteiger partial charge in [0.1, 0.15) is 11.6 Å². The third-order valence-electron chi connectivity index (χ3n) is 3.45. The third-order valence-corrected chi connectivity index (χ3v) is 3.45. The summed E-state index contributed by atoms with van der Waals surface area (Å²) in [7, 11) is 0. The van der Waals surface area contributed by atoms with Gasteiger partial charge in [-0.3, -0.25) is 0 Å². The van der Waals surface area contributed by atoms with Gasteiger partial charge in [-0.2, -0.15) is 8.78 Å². The summed E-state index contributed by atoms with van der Waals surface area (Å²) in [4.78, 5) is 0. The summed E-state index contributed by atoms with van der Waals surface area (Å²) >= 11 is 0. The molecule has 0 saturated carbocycles. The molecule has 0 unspecified atom stereocenters. The second-order valence-electron chi connectivity index (χ2n) is 4.97. The van der Waals surface area contributed by atoms with Crippen molar-refractivity contribution in [1.82, 2.24) is 0 Å². The smallest absolute Gasteiger partial charge is 0.207 e. The standard InChI is InChI=1S/C16H12F6/c1-9(10-2-4-13(17)5-3-10)11-6-12(8-14(18)7-11)16(21,22)15(19)20/h2-9,15H,1H3/t9-/m1/s1. The van der Waals surface area contributed by atoms with Gasteiger partial charge in [0.15, 0.2) is 0 Å². The first kappa shape index (κ1) is 16.4. The molecule has 0 N–H and O–H groups in total. The van der Waals surface area contributed by atoms with Gasteiger partial charge in [0.05, 0.1) is 0 Å². The normalized spacial score (nSPS) is 13.5. The van der Waals surface area contributed by atoms with Crippen molar-refractivity contribution in [2.45, 2.75) is 25.2 Å². The predicted molar refractivity (Wildman–Crippen MR) is 70.2 cm³/mol. The van der Waals surface area contributed by atoms with E-state index in [2.05, 4.69) is 0 Å². The average Bonchev–Trinajstić information content (AvgIpc) is 2.46. The molecular formula is C16H12F6. The van der Waals surface area contributed by atoms with Crippen molar-refractivity contribution in [3.05, 3.63) is 70.8 Å². The average molecular weight is 318 g/mol. The van der Waals surface area contributed by atoms with Gasteiger partial charge in [-0.15, -0.1) is 0 Å². The fourth-order valence-corrected chi connectivity index (χ4v) is 2.12. The Balaban J connectivity index is 2.43. The molecule has 22 heavy (non-hydrogen) atoms. The maximum atomic E-state index is 13.5. The van der Waals surface area contributed by atoms with Crippen LogP contribution in [0.25, 0.3) is 0 Å². The lowest BCUT2D eigenvalue weighted by atomic mass is 9.91. The molecule has 0 aliphatic rings. The molecule has 0 heterocycles. The molecule has 6 heteroatoms. The van der Waals surface area contributed by atoms with Gasteiger partial charge in [-0.1, -0.05) is 19.1 Å². The first-order valence-corrected chi connectivity index (χ1v) is 6.44. The van der Waals surface area contributed by atoms with Crippen molar-refractivity contribution in [2.24, 2.45) is 0 Å². The van der Waals surface area contributed by atoms with Crippen LogP contribution in [0.2, 0.25) is 0 Å². The van der Waals surface area contributed by atoms with Crippen LogP contribution in [0.4, 0.5) is 26.3 Å². The number of hydrogen-bond donors (Lipinski definition) is 0. The van der Waals surface area contributed by atoms with Crippen molar-refractivity contribution in [2.75, 3.05) is 0 Å². The molecule has 0 amide bonds.